The number of carboxylic acids is 1. The Bertz CT molecular complexity index is 1180. The van der Waals surface area contributed by atoms with E-state index in [9.17, 15) is 9.90 Å². The second kappa shape index (κ2) is 13.0. The van der Waals surface area contributed by atoms with Gasteiger partial charge in [0.1, 0.15) is 11.9 Å². The maximum absolute atomic E-state index is 15.6. The van der Waals surface area contributed by atoms with E-state index in [-0.39, 0.29) is 12.3 Å². The molecule has 0 aliphatic carbocycles. The minimum Gasteiger partial charge on any atom is -0.497 e. The predicted octanol–water partition coefficient (Wildman–Crippen LogP) is 6.78. The average molecular weight is 507 g/mol. The molecule has 2 aromatic carbocycles. The Morgan fingerprint density at radius 1 is 1.19 bits per heavy atom. The van der Waals surface area contributed by atoms with Gasteiger partial charge in [0.15, 0.2) is 0 Å². The van der Waals surface area contributed by atoms with Gasteiger partial charge in [-0.25, -0.2) is 4.39 Å². The number of likely N-dealkylation sites (tertiary alicyclic amines) is 1. The minimum absolute atomic E-state index is 0.173. The summed E-state index contributed by atoms with van der Waals surface area (Å²) in [5.41, 5.74) is 4.15. The maximum atomic E-state index is 15.6. The fourth-order valence-electron chi connectivity index (χ4n) is 5.82. The molecule has 198 valence electrons. The number of alkyl halides is 1. The van der Waals surface area contributed by atoms with E-state index in [0.29, 0.717) is 30.1 Å². The number of aryl methyl sites for hydroxylation is 2. The predicted molar refractivity (Wildman–Crippen MR) is 146 cm³/mol. The van der Waals surface area contributed by atoms with Crippen LogP contribution in [0.4, 0.5) is 4.39 Å². The van der Waals surface area contributed by atoms with Gasteiger partial charge in [-0.3, -0.25) is 9.78 Å². The second-order valence-electron chi connectivity index (χ2n) is 10.4. The molecule has 1 aliphatic rings. The number of ether oxygens (including phenoxy) is 1. The molecule has 4 rings (SSSR count). The molecule has 0 spiro atoms. The molecule has 2 unspecified atom stereocenters. The second-order valence-corrected chi connectivity index (χ2v) is 10.4. The molecule has 2 heterocycles. The van der Waals surface area contributed by atoms with Crippen molar-refractivity contribution in [2.75, 3.05) is 26.7 Å². The standard InChI is InChI=1S/C31H39FN2O3/c1-22-6-3-4-7-23(22)8-5-18-34-19-16-24(25(21-34)10-14-31(35)36)9-12-29(32)27-15-17-33-30-13-11-26(37-2)20-28(27)30/h3-4,6-7,11,13,15,17,20,24-25,29H,5,8-10,12,14,16,18-19,21H2,1-2H3,(H,35,36)/t24?,25?,29-/m0/s1. The molecule has 5 nitrogen and oxygen atoms in total. The highest BCUT2D eigenvalue weighted by atomic mass is 19.1. The zero-order chi connectivity index (χ0) is 26.2. The number of rotatable bonds is 12. The van der Waals surface area contributed by atoms with Gasteiger partial charge in [-0.2, -0.15) is 0 Å². The number of carboxylic acid groups (broad SMARTS) is 1. The van der Waals surface area contributed by atoms with Crippen molar-refractivity contribution in [2.45, 2.75) is 58.0 Å². The molecule has 1 saturated heterocycles. The van der Waals surface area contributed by atoms with Crippen molar-refractivity contribution in [3.63, 3.8) is 0 Å². The highest BCUT2D eigenvalue weighted by molar-refractivity contribution is 5.83. The molecule has 0 saturated carbocycles. The smallest absolute Gasteiger partial charge is 0.303 e. The summed E-state index contributed by atoms with van der Waals surface area (Å²) in [6.07, 6.45) is 5.73. The number of hydrogen-bond acceptors (Lipinski definition) is 4. The van der Waals surface area contributed by atoms with Crippen molar-refractivity contribution in [3.05, 3.63) is 71.4 Å². The molecule has 1 aliphatic heterocycles. The van der Waals surface area contributed by atoms with E-state index in [0.717, 1.165) is 56.2 Å². The molecule has 0 radical (unpaired) electrons. The lowest BCUT2D eigenvalue weighted by atomic mass is 9.79. The molecule has 3 aromatic rings. The number of nitrogens with zero attached hydrogens (tertiary/aromatic N) is 2. The van der Waals surface area contributed by atoms with Crippen LogP contribution in [-0.2, 0) is 11.2 Å². The first kappa shape index (κ1) is 27.1. The number of benzene rings is 2. The third kappa shape index (κ3) is 7.29. The van der Waals surface area contributed by atoms with Gasteiger partial charge >= 0.3 is 5.97 Å². The number of pyridine rings is 1. The van der Waals surface area contributed by atoms with Crippen molar-refractivity contribution in [2.24, 2.45) is 11.8 Å². The van der Waals surface area contributed by atoms with Gasteiger partial charge in [-0.1, -0.05) is 24.3 Å². The number of aromatic nitrogens is 1. The number of aliphatic carboxylic acids is 1. The number of methoxy groups -OCH3 is 1. The van der Waals surface area contributed by atoms with Crippen molar-refractivity contribution in [1.82, 2.24) is 9.88 Å². The van der Waals surface area contributed by atoms with Crippen LogP contribution in [0.3, 0.4) is 0 Å². The number of piperidine rings is 1. The summed E-state index contributed by atoms with van der Waals surface area (Å²) < 4.78 is 20.9. The average Bonchev–Trinajstić information content (AvgIpc) is 2.91. The van der Waals surface area contributed by atoms with Gasteiger partial charge < -0.3 is 14.7 Å². The van der Waals surface area contributed by atoms with E-state index in [2.05, 4.69) is 41.1 Å². The fourth-order valence-corrected chi connectivity index (χ4v) is 5.82. The van der Waals surface area contributed by atoms with E-state index < -0.39 is 12.1 Å². The van der Waals surface area contributed by atoms with Gasteiger partial charge in [-0.05, 0) is 111 Å². The first-order chi connectivity index (χ1) is 17.9. The Labute approximate surface area is 219 Å². The molecular weight excluding hydrogens is 467 g/mol. The lowest BCUT2D eigenvalue weighted by Gasteiger charge is -2.39. The third-order valence-corrected chi connectivity index (χ3v) is 8.00. The summed E-state index contributed by atoms with van der Waals surface area (Å²) in [5, 5.41) is 10.1. The number of carbonyl (C=O) groups is 1. The van der Waals surface area contributed by atoms with Gasteiger partial charge in [0.2, 0.25) is 0 Å². The Morgan fingerprint density at radius 3 is 2.81 bits per heavy atom. The van der Waals surface area contributed by atoms with Crippen LogP contribution in [0.15, 0.2) is 54.7 Å². The molecule has 1 N–H and O–H groups in total. The summed E-state index contributed by atoms with van der Waals surface area (Å²) in [6.45, 7) is 5.07. The fraction of sp³-hybridized carbons (Fsp3) is 0.484. The zero-order valence-corrected chi connectivity index (χ0v) is 22.0. The monoisotopic (exact) mass is 506 g/mol. The molecule has 0 bridgehead atoms. The first-order valence-corrected chi connectivity index (χ1v) is 13.5. The van der Waals surface area contributed by atoms with Crippen LogP contribution in [-0.4, -0.2) is 47.7 Å². The van der Waals surface area contributed by atoms with Gasteiger partial charge in [0.05, 0.1) is 12.6 Å². The summed E-state index contributed by atoms with van der Waals surface area (Å²) in [5.74, 6) is 0.561. The minimum atomic E-state index is -1.09. The van der Waals surface area contributed by atoms with Crippen LogP contribution in [0, 0.1) is 18.8 Å². The van der Waals surface area contributed by atoms with Crippen LogP contribution in [0.2, 0.25) is 0 Å². The molecule has 37 heavy (non-hydrogen) atoms. The first-order valence-electron chi connectivity index (χ1n) is 13.5. The lowest BCUT2D eigenvalue weighted by Crippen LogP contribution is -2.41. The van der Waals surface area contributed by atoms with E-state index >= 15 is 4.39 Å². The van der Waals surface area contributed by atoms with Crippen molar-refractivity contribution >= 4 is 16.9 Å². The molecular formula is C31H39FN2O3. The summed E-state index contributed by atoms with van der Waals surface area (Å²) >= 11 is 0. The lowest BCUT2D eigenvalue weighted by molar-refractivity contribution is -0.137. The van der Waals surface area contributed by atoms with Crippen molar-refractivity contribution < 1.29 is 19.0 Å². The molecule has 3 atom stereocenters. The van der Waals surface area contributed by atoms with E-state index in [1.54, 1.807) is 19.4 Å². The molecule has 6 heteroatoms. The number of fused-ring (bicyclic) bond motifs is 1. The Kier molecular flexibility index (Phi) is 9.51. The summed E-state index contributed by atoms with van der Waals surface area (Å²) in [4.78, 5) is 18.2. The number of hydrogen-bond donors (Lipinski definition) is 1. The Balaban J connectivity index is 1.35. The third-order valence-electron chi connectivity index (χ3n) is 8.00. The van der Waals surface area contributed by atoms with Crippen molar-refractivity contribution in [1.29, 1.82) is 0 Å². The van der Waals surface area contributed by atoms with Gasteiger partial charge in [-0.15, -0.1) is 0 Å². The van der Waals surface area contributed by atoms with Gasteiger partial charge in [0, 0.05) is 24.5 Å². The quantitative estimate of drug-likeness (QED) is 0.293. The Hall–Kier alpha value is -2.99. The summed E-state index contributed by atoms with van der Waals surface area (Å²) in [6, 6.07) is 15.9. The topological polar surface area (TPSA) is 62.7 Å². The SMILES string of the molecule is COc1ccc2nccc([C@@H](F)CCC3CCN(CCCc4ccccc4C)CC3CCC(=O)O)c2c1. The Morgan fingerprint density at radius 2 is 2.03 bits per heavy atom. The highest BCUT2D eigenvalue weighted by Crippen LogP contribution is 2.36. The van der Waals surface area contributed by atoms with Gasteiger partial charge in [0.25, 0.3) is 0 Å². The van der Waals surface area contributed by atoms with E-state index in [4.69, 9.17) is 4.74 Å². The summed E-state index contributed by atoms with van der Waals surface area (Å²) in [7, 11) is 1.61. The van der Waals surface area contributed by atoms with Crippen LogP contribution < -0.4 is 4.74 Å². The van der Waals surface area contributed by atoms with Crippen LogP contribution in [0.5, 0.6) is 5.75 Å². The molecule has 1 fully saturated rings. The molecule has 0 amide bonds. The van der Waals surface area contributed by atoms with Crippen molar-refractivity contribution in [3.8, 4) is 5.75 Å². The van der Waals surface area contributed by atoms with E-state index in [1.807, 2.05) is 18.2 Å². The van der Waals surface area contributed by atoms with E-state index in [1.165, 1.54) is 11.1 Å². The van der Waals surface area contributed by atoms with Crippen LogP contribution >= 0.6 is 0 Å². The van der Waals surface area contributed by atoms with Crippen LogP contribution in [0.25, 0.3) is 10.9 Å². The van der Waals surface area contributed by atoms with Crippen LogP contribution in [0.1, 0.15) is 61.4 Å². The molecule has 1 aromatic heterocycles. The zero-order valence-electron chi connectivity index (χ0n) is 22.0. The maximum Gasteiger partial charge on any atom is 0.303 e. The normalized spacial score (nSPS) is 19.1. The highest BCUT2D eigenvalue weighted by Gasteiger charge is 2.30. The largest absolute Gasteiger partial charge is 0.497 e. The number of halogens is 1.